The van der Waals surface area contributed by atoms with E-state index in [1.807, 2.05) is 29.6 Å². The van der Waals surface area contributed by atoms with Crippen LogP contribution >= 0.6 is 23.1 Å². The summed E-state index contributed by atoms with van der Waals surface area (Å²) in [6.45, 7) is 3.93. The lowest BCUT2D eigenvalue weighted by molar-refractivity contribution is -0.115. The van der Waals surface area contributed by atoms with Crippen LogP contribution in [0.15, 0.2) is 59.1 Å². The first-order chi connectivity index (χ1) is 16.5. The molecule has 1 atom stereocenters. The van der Waals surface area contributed by atoms with Gasteiger partial charge in [0.2, 0.25) is 11.1 Å². The van der Waals surface area contributed by atoms with Crippen molar-refractivity contribution in [1.29, 1.82) is 0 Å². The molecule has 10 heteroatoms. The number of amides is 1. The van der Waals surface area contributed by atoms with Crippen molar-refractivity contribution in [2.24, 2.45) is 0 Å². The summed E-state index contributed by atoms with van der Waals surface area (Å²) in [4.78, 5) is 17.3. The molecule has 0 radical (unpaired) electrons. The molecule has 0 aliphatic heterocycles. The Hall–Kier alpha value is -3.37. The number of thioether (sulfide) groups is 1. The molecule has 8 nitrogen and oxygen atoms in total. The summed E-state index contributed by atoms with van der Waals surface area (Å²) in [7, 11) is 1.63. The number of nitrogen functional groups attached to an aromatic ring is 1. The van der Waals surface area contributed by atoms with Gasteiger partial charge in [-0.2, -0.15) is 0 Å². The number of methoxy groups -OCH3 is 1. The molecule has 2 aromatic heterocycles. The minimum absolute atomic E-state index is 0.174. The van der Waals surface area contributed by atoms with E-state index in [9.17, 15) is 4.79 Å². The molecule has 0 saturated carbocycles. The zero-order chi connectivity index (χ0) is 24.1. The summed E-state index contributed by atoms with van der Waals surface area (Å²) in [6, 6.07) is 16.0. The largest absolute Gasteiger partial charge is 0.497 e. The Balaban J connectivity index is 1.36. The van der Waals surface area contributed by atoms with Gasteiger partial charge >= 0.3 is 0 Å². The number of rotatable bonds is 9. The first kappa shape index (κ1) is 23.8. The van der Waals surface area contributed by atoms with Crippen LogP contribution in [0.2, 0.25) is 0 Å². The van der Waals surface area contributed by atoms with Crippen LogP contribution in [0.25, 0.3) is 11.3 Å². The smallest absolute Gasteiger partial charge is 0.239 e. The van der Waals surface area contributed by atoms with Gasteiger partial charge in [0.25, 0.3) is 0 Å². The van der Waals surface area contributed by atoms with Gasteiger partial charge in [-0.15, -0.1) is 21.5 Å². The van der Waals surface area contributed by atoms with Crippen molar-refractivity contribution in [1.82, 2.24) is 19.9 Å². The topological polar surface area (TPSA) is 108 Å². The van der Waals surface area contributed by atoms with E-state index in [1.54, 1.807) is 14.0 Å². The Labute approximate surface area is 206 Å². The average molecular weight is 495 g/mol. The van der Waals surface area contributed by atoms with Crippen molar-refractivity contribution >= 4 is 34.1 Å². The van der Waals surface area contributed by atoms with Gasteiger partial charge < -0.3 is 15.9 Å². The van der Waals surface area contributed by atoms with Gasteiger partial charge in [0.15, 0.2) is 11.0 Å². The van der Waals surface area contributed by atoms with Gasteiger partial charge in [0.1, 0.15) is 5.75 Å². The monoisotopic (exact) mass is 494 g/mol. The van der Waals surface area contributed by atoms with Crippen LogP contribution in [0.3, 0.4) is 0 Å². The van der Waals surface area contributed by atoms with Crippen LogP contribution < -0.4 is 15.9 Å². The maximum Gasteiger partial charge on any atom is 0.239 e. The van der Waals surface area contributed by atoms with Gasteiger partial charge in [-0.1, -0.05) is 55.1 Å². The predicted octanol–water partition coefficient (Wildman–Crippen LogP) is 4.40. The van der Waals surface area contributed by atoms with Gasteiger partial charge in [0, 0.05) is 17.4 Å². The first-order valence-corrected chi connectivity index (χ1v) is 12.6. The normalized spacial score (nSPS) is 11.9. The fraction of sp³-hybridized carbons (Fsp3) is 0.250. The zero-order valence-electron chi connectivity index (χ0n) is 19.2. The minimum atomic E-state index is -0.434. The van der Waals surface area contributed by atoms with Crippen molar-refractivity contribution in [2.75, 3.05) is 18.3 Å². The molecule has 0 bridgehead atoms. The Morgan fingerprint density at radius 1 is 1.15 bits per heavy atom. The van der Waals surface area contributed by atoms with Gasteiger partial charge in [-0.3, -0.25) is 4.79 Å². The Morgan fingerprint density at radius 2 is 1.85 bits per heavy atom. The summed E-state index contributed by atoms with van der Waals surface area (Å²) in [6.07, 6.45) is 1.52. The second-order valence-electron chi connectivity index (χ2n) is 7.63. The highest BCUT2D eigenvalue weighted by Crippen LogP contribution is 2.27. The van der Waals surface area contributed by atoms with Crippen LogP contribution in [0.1, 0.15) is 30.8 Å². The number of aryl methyl sites for hydroxylation is 1. The minimum Gasteiger partial charge on any atom is -0.497 e. The lowest BCUT2D eigenvalue weighted by Crippen LogP contribution is -2.23. The molecule has 0 unspecified atom stereocenters. The zero-order valence-corrected chi connectivity index (χ0v) is 20.8. The van der Waals surface area contributed by atoms with Crippen molar-refractivity contribution in [3.05, 3.63) is 70.9 Å². The quantitative estimate of drug-likeness (QED) is 0.262. The molecule has 2 heterocycles. The number of hydrogen-bond acceptors (Lipinski definition) is 8. The number of aromatic nitrogens is 4. The van der Waals surface area contributed by atoms with E-state index in [4.69, 9.17) is 10.6 Å². The Morgan fingerprint density at radius 3 is 2.53 bits per heavy atom. The molecule has 4 aromatic rings. The summed E-state index contributed by atoms with van der Waals surface area (Å²) in [5.41, 5.74) is 4.18. The number of nitrogens with one attached hydrogen (secondary N) is 1. The number of hydrogen-bond donors (Lipinski definition) is 2. The van der Waals surface area contributed by atoms with Gasteiger partial charge in [-0.25, -0.2) is 9.66 Å². The molecule has 3 N–H and O–H groups in total. The number of carbonyl (C=O) groups excluding carboxylic acids is 1. The summed E-state index contributed by atoms with van der Waals surface area (Å²) in [5.74, 6) is 7.42. The number of benzene rings is 2. The van der Waals surface area contributed by atoms with Crippen LogP contribution in [0, 0.1) is 0 Å². The highest BCUT2D eigenvalue weighted by atomic mass is 32.2. The fourth-order valence-electron chi connectivity index (χ4n) is 3.23. The third kappa shape index (κ3) is 5.57. The van der Waals surface area contributed by atoms with E-state index in [0.29, 0.717) is 22.5 Å². The van der Waals surface area contributed by atoms with Crippen LogP contribution in [0.5, 0.6) is 5.75 Å². The number of anilines is 1. The van der Waals surface area contributed by atoms with E-state index < -0.39 is 5.25 Å². The fourth-order valence-corrected chi connectivity index (χ4v) is 4.74. The first-order valence-electron chi connectivity index (χ1n) is 10.8. The van der Waals surface area contributed by atoms with E-state index >= 15 is 0 Å². The number of carbonyl (C=O) groups is 1. The van der Waals surface area contributed by atoms with Gasteiger partial charge in [0.05, 0.1) is 18.1 Å². The number of nitrogens with zero attached hydrogens (tertiary/aromatic N) is 4. The van der Waals surface area contributed by atoms with E-state index in [0.717, 1.165) is 29.0 Å². The average Bonchev–Trinajstić information content (AvgIpc) is 3.46. The standard InChI is InChI=1S/C24H26N6O2S2/c1-4-16-5-9-18(10-6-16)20-14-33-23(26-20)27-22(31)15(2)34-24-29-28-21(30(24)25)13-17-7-11-19(32-3)12-8-17/h5-12,14-15H,4,13,25H2,1-3H3,(H,26,27,31)/t15-/m1/s1. The summed E-state index contributed by atoms with van der Waals surface area (Å²) in [5, 5.41) is 13.8. The van der Waals surface area contributed by atoms with E-state index in [-0.39, 0.29) is 5.91 Å². The maximum absolute atomic E-state index is 12.7. The van der Waals surface area contributed by atoms with Gasteiger partial charge in [-0.05, 0) is 36.6 Å². The number of ether oxygens (including phenoxy) is 1. The summed E-state index contributed by atoms with van der Waals surface area (Å²) >= 11 is 2.65. The van der Waals surface area contributed by atoms with Crippen LogP contribution in [0.4, 0.5) is 5.13 Å². The third-order valence-electron chi connectivity index (χ3n) is 5.30. The third-order valence-corrected chi connectivity index (χ3v) is 7.11. The number of nitrogens with two attached hydrogens (primary N) is 1. The van der Waals surface area contributed by atoms with Crippen molar-refractivity contribution in [3.63, 3.8) is 0 Å². The van der Waals surface area contributed by atoms with Crippen LogP contribution in [-0.2, 0) is 17.6 Å². The van der Waals surface area contributed by atoms with E-state index in [2.05, 4.69) is 51.7 Å². The molecule has 2 aromatic carbocycles. The molecule has 0 spiro atoms. The van der Waals surface area contributed by atoms with Crippen molar-refractivity contribution in [3.8, 4) is 17.0 Å². The van der Waals surface area contributed by atoms with Crippen molar-refractivity contribution in [2.45, 2.75) is 37.1 Å². The molecule has 0 aliphatic rings. The second-order valence-corrected chi connectivity index (χ2v) is 9.80. The molecule has 1 amide bonds. The molecule has 34 heavy (non-hydrogen) atoms. The highest BCUT2D eigenvalue weighted by molar-refractivity contribution is 8.00. The molecule has 0 saturated heterocycles. The lowest BCUT2D eigenvalue weighted by atomic mass is 10.1. The van der Waals surface area contributed by atoms with Crippen LogP contribution in [-0.4, -0.2) is 38.1 Å². The molecular weight excluding hydrogens is 468 g/mol. The lowest BCUT2D eigenvalue weighted by Gasteiger charge is -2.10. The number of thiazole rings is 1. The predicted molar refractivity (Wildman–Crippen MR) is 137 cm³/mol. The highest BCUT2D eigenvalue weighted by Gasteiger charge is 2.20. The second kappa shape index (κ2) is 10.7. The molecule has 176 valence electrons. The SMILES string of the molecule is CCc1ccc(-c2csc(NC(=O)[C@@H](C)Sc3nnc(Cc4ccc(OC)cc4)n3N)n2)cc1. The Kier molecular flexibility index (Phi) is 7.49. The Bertz CT molecular complexity index is 1250. The summed E-state index contributed by atoms with van der Waals surface area (Å²) < 4.78 is 6.62. The molecule has 0 aliphatic carbocycles. The molecular formula is C24H26N6O2S2. The van der Waals surface area contributed by atoms with E-state index in [1.165, 1.54) is 33.3 Å². The molecule has 0 fully saturated rings. The maximum atomic E-state index is 12.7. The molecule has 4 rings (SSSR count). The van der Waals surface area contributed by atoms with Crippen molar-refractivity contribution < 1.29 is 9.53 Å².